The van der Waals surface area contributed by atoms with Crippen LogP contribution in [0.4, 0.5) is 18.9 Å². The van der Waals surface area contributed by atoms with Gasteiger partial charge in [-0.2, -0.15) is 18.3 Å². The highest BCUT2D eigenvalue weighted by molar-refractivity contribution is 6.30. The van der Waals surface area contributed by atoms with Crippen LogP contribution in [0.2, 0.25) is 5.02 Å². The fraction of sp³-hybridized carbons (Fsp3) is 0.143. The highest BCUT2D eigenvalue weighted by Gasteiger charge is 2.30. The zero-order valence-electron chi connectivity index (χ0n) is 16.3. The number of nitrogens with zero attached hydrogens (tertiary/aromatic N) is 4. The second-order valence-electron chi connectivity index (χ2n) is 6.87. The molecule has 158 valence electrons. The van der Waals surface area contributed by atoms with Crippen molar-refractivity contribution < 1.29 is 18.0 Å². The van der Waals surface area contributed by atoms with Gasteiger partial charge in [-0.15, -0.1) is 10.2 Å². The summed E-state index contributed by atoms with van der Waals surface area (Å²) < 4.78 is 39.6. The van der Waals surface area contributed by atoms with E-state index < -0.39 is 17.6 Å². The number of fused-ring (bicyclic) bond motifs is 1. The van der Waals surface area contributed by atoms with Gasteiger partial charge in [0.15, 0.2) is 11.3 Å². The predicted octanol–water partition coefficient (Wildman–Crippen LogP) is 5.33. The van der Waals surface area contributed by atoms with Gasteiger partial charge in [0.05, 0.1) is 22.5 Å². The Morgan fingerprint density at radius 2 is 1.77 bits per heavy atom. The second-order valence-corrected chi connectivity index (χ2v) is 7.31. The van der Waals surface area contributed by atoms with Gasteiger partial charge in [0.1, 0.15) is 0 Å². The first-order valence-electron chi connectivity index (χ1n) is 9.12. The van der Waals surface area contributed by atoms with Crippen molar-refractivity contribution in [3.05, 3.63) is 76.2 Å². The first-order chi connectivity index (χ1) is 14.6. The minimum Gasteiger partial charge on any atom is -0.321 e. The lowest BCUT2D eigenvalue weighted by Gasteiger charge is -2.10. The van der Waals surface area contributed by atoms with Crippen LogP contribution in [0.25, 0.3) is 16.8 Å². The van der Waals surface area contributed by atoms with Crippen molar-refractivity contribution in [3.63, 3.8) is 0 Å². The number of alkyl halides is 3. The van der Waals surface area contributed by atoms with E-state index in [4.69, 9.17) is 11.6 Å². The summed E-state index contributed by atoms with van der Waals surface area (Å²) in [7, 11) is 0. The van der Waals surface area contributed by atoms with Gasteiger partial charge < -0.3 is 5.32 Å². The van der Waals surface area contributed by atoms with Crippen molar-refractivity contribution in [2.24, 2.45) is 0 Å². The Kier molecular flexibility index (Phi) is 5.14. The molecule has 0 saturated heterocycles. The van der Waals surface area contributed by atoms with Gasteiger partial charge in [0, 0.05) is 10.7 Å². The molecule has 4 aromatic rings. The maximum atomic E-state index is 12.7. The Morgan fingerprint density at radius 3 is 2.42 bits per heavy atom. The average Bonchev–Trinajstić information content (AvgIpc) is 3.05. The predicted molar refractivity (Wildman–Crippen MR) is 110 cm³/mol. The molecule has 10 heteroatoms. The molecule has 2 aromatic carbocycles. The Hall–Kier alpha value is -3.46. The van der Waals surface area contributed by atoms with E-state index >= 15 is 0 Å². The van der Waals surface area contributed by atoms with Crippen LogP contribution in [0.3, 0.4) is 0 Å². The molecule has 0 saturated carbocycles. The number of carbonyl (C=O) groups is 1. The third-order valence-electron chi connectivity index (χ3n) is 4.74. The van der Waals surface area contributed by atoms with E-state index in [0.29, 0.717) is 22.1 Å². The molecule has 0 aliphatic rings. The number of anilines is 1. The largest absolute Gasteiger partial charge is 0.416 e. The molecule has 2 heterocycles. The van der Waals surface area contributed by atoms with E-state index in [-0.39, 0.29) is 11.4 Å². The Bertz CT molecular complexity index is 1300. The number of aryl methyl sites for hydroxylation is 2. The number of carbonyl (C=O) groups excluding carboxylic acids is 1. The van der Waals surface area contributed by atoms with Crippen LogP contribution in [0.1, 0.15) is 27.4 Å². The standard InChI is InChI=1S/C21H15ClF3N5O/c1-11-17(13-4-3-5-15(22)10-13)19-28-27-18(12(2)30(19)29-11)20(31)26-16-8-6-14(7-9-16)21(23,24)25/h3-10H,1-2H3,(H,26,31). The van der Waals surface area contributed by atoms with E-state index in [1.165, 1.54) is 16.6 Å². The van der Waals surface area contributed by atoms with Crippen LogP contribution >= 0.6 is 11.6 Å². The monoisotopic (exact) mass is 445 g/mol. The summed E-state index contributed by atoms with van der Waals surface area (Å²) in [5.41, 5.74) is 2.55. The lowest BCUT2D eigenvalue weighted by Crippen LogP contribution is -2.18. The fourth-order valence-electron chi connectivity index (χ4n) is 3.24. The van der Waals surface area contributed by atoms with Crippen molar-refractivity contribution in [1.29, 1.82) is 0 Å². The number of halogens is 4. The quantitative estimate of drug-likeness (QED) is 0.462. The fourth-order valence-corrected chi connectivity index (χ4v) is 3.43. The number of hydrogen-bond donors (Lipinski definition) is 1. The zero-order valence-corrected chi connectivity index (χ0v) is 17.1. The maximum absolute atomic E-state index is 12.7. The molecular weight excluding hydrogens is 431 g/mol. The summed E-state index contributed by atoms with van der Waals surface area (Å²) in [5, 5.41) is 15.8. The average molecular weight is 446 g/mol. The molecule has 0 aliphatic carbocycles. The third kappa shape index (κ3) is 3.96. The summed E-state index contributed by atoms with van der Waals surface area (Å²) in [4.78, 5) is 12.7. The van der Waals surface area contributed by atoms with E-state index in [2.05, 4.69) is 20.6 Å². The topological polar surface area (TPSA) is 72.2 Å². The van der Waals surface area contributed by atoms with Gasteiger partial charge >= 0.3 is 6.18 Å². The van der Waals surface area contributed by atoms with Crippen molar-refractivity contribution in [2.75, 3.05) is 5.32 Å². The number of benzene rings is 2. The maximum Gasteiger partial charge on any atom is 0.416 e. The smallest absolute Gasteiger partial charge is 0.321 e. The molecule has 4 rings (SSSR count). The summed E-state index contributed by atoms with van der Waals surface area (Å²) in [6.45, 7) is 3.48. The summed E-state index contributed by atoms with van der Waals surface area (Å²) >= 11 is 6.10. The highest BCUT2D eigenvalue weighted by atomic mass is 35.5. The minimum absolute atomic E-state index is 0.00698. The van der Waals surface area contributed by atoms with Gasteiger partial charge in [-0.3, -0.25) is 4.79 Å². The van der Waals surface area contributed by atoms with Crippen molar-refractivity contribution >= 4 is 28.8 Å². The van der Waals surface area contributed by atoms with Gasteiger partial charge in [0.25, 0.3) is 5.91 Å². The number of nitrogens with one attached hydrogen (secondary N) is 1. The van der Waals surface area contributed by atoms with Crippen LogP contribution in [0.5, 0.6) is 0 Å². The lowest BCUT2D eigenvalue weighted by atomic mass is 10.1. The van der Waals surface area contributed by atoms with E-state index in [0.717, 1.165) is 23.3 Å². The first-order valence-corrected chi connectivity index (χ1v) is 9.50. The lowest BCUT2D eigenvalue weighted by molar-refractivity contribution is -0.137. The summed E-state index contributed by atoms with van der Waals surface area (Å²) in [5.74, 6) is -0.607. The van der Waals surface area contributed by atoms with Crippen LogP contribution in [-0.4, -0.2) is 25.7 Å². The Labute approximate surface area is 179 Å². The van der Waals surface area contributed by atoms with Crippen molar-refractivity contribution in [1.82, 2.24) is 19.8 Å². The first kappa shape index (κ1) is 20.8. The normalized spacial score (nSPS) is 11.7. The second kappa shape index (κ2) is 7.66. The number of rotatable bonds is 3. The molecule has 1 N–H and O–H groups in total. The molecule has 31 heavy (non-hydrogen) atoms. The molecule has 6 nitrogen and oxygen atoms in total. The molecular formula is C21H15ClF3N5O. The number of hydrogen-bond acceptors (Lipinski definition) is 4. The summed E-state index contributed by atoms with van der Waals surface area (Å²) in [6, 6.07) is 11.4. The Balaban J connectivity index is 1.68. The third-order valence-corrected chi connectivity index (χ3v) is 4.97. The zero-order chi connectivity index (χ0) is 22.3. The molecule has 0 spiro atoms. The van der Waals surface area contributed by atoms with Crippen molar-refractivity contribution in [3.8, 4) is 11.1 Å². The molecule has 2 aromatic heterocycles. The number of amides is 1. The molecule has 0 atom stereocenters. The number of aromatic nitrogens is 4. The van der Waals surface area contributed by atoms with Gasteiger partial charge in [-0.05, 0) is 55.8 Å². The molecule has 0 radical (unpaired) electrons. The van der Waals surface area contributed by atoms with E-state index in [1.807, 2.05) is 19.1 Å². The Morgan fingerprint density at radius 1 is 1.06 bits per heavy atom. The molecule has 0 aliphatic heterocycles. The SMILES string of the molecule is Cc1nn2c(C)c(C(=O)Nc3ccc(C(F)(F)F)cc3)nnc2c1-c1cccc(Cl)c1. The van der Waals surface area contributed by atoms with Crippen molar-refractivity contribution in [2.45, 2.75) is 20.0 Å². The van der Waals surface area contributed by atoms with Crippen LogP contribution < -0.4 is 5.32 Å². The van der Waals surface area contributed by atoms with Crippen LogP contribution in [0.15, 0.2) is 48.5 Å². The van der Waals surface area contributed by atoms with E-state index in [1.54, 1.807) is 19.1 Å². The molecule has 0 bridgehead atoms. The van der Waals surface area contributed by atoms with E-state index in [9.17, 15) is 18.0 Å². The van der Waals surface area contributed by atoms with Gasteiger partial charge in [-0.1, -0.05) is 23.7 Å². The van der Waals surface area contributed by atoms with Crippen LogP contribution in [-0.2, 0) is 6.18 Å². The van der Waals surface area contributed by atoms with Gasteiger partial charge in [-0.25, -0.2) is 4.52 Å². The molecule has 0 fully saturated rings. The minimum atomic E-state index is -4.45. The van der Waals surface area contributed by atoms with Gasteiger partial charge in [0.2, 0.25) is 0 Å². The molecule has 0 unspecified atom stereocenters. The summed E-state index contributed by atoms with van der Waals surface area (Å²) in [6.07, 6.45) is -4.45. The molecule has 1 amide bonds. The van der Waals surface area contributed by atoms with Crippen LogP contribution in [0, 0.1) is 13.8 Å². The highest BCUT2D eigenvalue weighted by Crippen LogP contribution is 2.31.